The zero-order valence-corrected chi connectivity index (χ0v) is 18.5. The van der Waals surface area contributed by atoms with Crippen LogP contribution in [0.5, 0.6) is 5.75 Å². The van der Waals surface area contributed by atoms with Crippen LogP contribution in [0.4, 0.5) is 0 Å². The molecule has 31 heavy (non-hydrogen) atoms. The molecule has 0 amide bonds. The van der Waals surface area contributed by atoms with Crippen molar-refractivity contribution in [1.29, 1.82) is 0 Å². The van der Waals surface area contributed by atoms with Crippen LogP contribution in [0.3, 0.4) is 0 Å². The highest BCUT2D eigenvalue weighted by atomic mass is 35.5. The summed E-state index contributed by atoms with van der Waals surface area (Å²) >= 11 is 6.28. The number of carbonyl (C=O) groups is 1. The van der Waals surface area contributed by atoms with E-state index < -0.39 is 0 Å². The Morgan fingerprint density at radius 3 is 2.84 bits per heavy atom. The zero-order chi connectivity index (χ0) is 21.8. The van der Waals surface area contributed by atoms with Crippen molar-refractivity contribution in [1.82, 2.24) is 4.57 Å². The Balaban J connectivity index is 1.71. The van der Waals surface area contributed by atoms with Gasteiger partial charge in [-0.3, -0.25) is 0 Å². The summed E-state index contributed by atoms with van der Waals surface area (Å²) in [7, 11) is 0. The molecular weight excluding hydrogens is 414 g/mol. The standard InChI is InChI=1S/C25H26ClNO4/c1-3-30-25(28)19-5-4-6-21(13-19)27-17(2)7-10-23(27)22-9-8-20(26)14-24(22)31-16-18-11-12-29-15-18/h4-10,13-14,18H,3,11-12,15-16H2,1-2H3. The van der Waals surface area contributed by atoms with Gasteiger partial charge in [0, 0.05) is 34.5 Å². The topological polar surface area (TPSA) is 49.7 Å². The van der Waals surface area contributed by atoms with E-state index in [9.17, 15) is 4.79 Å². The second-order valence-electron chi connectivity index (χ2n) is 7.65. The van der Waals surface area contributed by atoms with E-state index in [0.717, 1.165) is 48.0 Å². The van der Waals surface area contributed by atoms with Gasteiger partial charge in [-0.05, 0) is 68.8 Å². The van der Waals surface area contributed by atoms with E-state index in [-0.39, 0.29) is 5.97 Å². The SMILES string of the molecule is CCOC(=O)c1cccc(-n2c(C)ccc2-c2ccc(Cl)cc2OCC2CCOC2)c1. The van der Waals surface area contributed by atoms with Crippen molar-refractivity contribution in [2.24, 2.45) is 5.92 Å². The number of ether oxygens (including phenoxy) is 3. The molecule has 162 valence electrons. The molecule has 5 nitrogen and oxygen atoms in total. The Bertz CT molecular complexity index is 1070. The lowest BCUT2D eigenvalue weighted by Crippen LogP contribution is -2.12. The summed E-state index contributed by atoms with van der Waals surface area (Å²) in [6.07, 6.45) is 1.01. The van der Waals surface area contributed by atoms with Crippen molar-refractivity contribution in [2.75, 3.05) is 26.4 Å². The van der Waals surface area contributed by atoms with Gasteiger partial charge in [-0.25, -0.2) is 4.79 Å². The first-order valence-electron chi connectivity index (χ1n) is 10.5. The summed E-state index contributed by atoms with van der Waals surface area (Å²) in [5.41, 5.74) is 4.35. The predicted molar refractivity (Wildman–Crippen MR) is 121 cm³/mol. The summed E-state index contributed by atoms with van der Waals surface area (Å²) in [4.78, 5) is 12.2. The molecule has 0 saturated carbocycles. The van der Waals surface area contributed by atoms with Gasteiger partial charge in [0.1, 0.15) is 5.75 Å². The number of carbonyl (C=O) groups excluding carboxylic acids is 1. The second kappa shape index (κ2) is 9.58. The maximum absolute atomic E-state index is 12.2. The van der Waals surface area contributed by atoms with E-state index in [1.165, 1.54) is 0 Å². The van der Waals surface area contributed by atoms with E-state index in [2.05, 4.69) is 16.7 Å². The molecule has 2 aromatic carbocycles. The van der Waals surface area contributed by atoms with Gasteiger partial charge in [-0.2, -0.15) is 0 Å². The lowest BCUT2D eigenvalue weighted by atomic mass is 10.1. The Labute approximate surface area is 187 Å². The Morgan fingerprint density at radius 1 is 1.19 bits per heavy atom. The number of aryl methyl sites for hydroxylation is 1. The lowest BCUT2D eigenvalue weighted by Gasteiger charge is -2.17. The average molecular weight is 440 g/mol. The number of halogens is 1. The summed E-state index contributed by atoms with van der Waals surface area (Å²) in [6.45, 7) is 6.28. The van der Waals surface area contributed by atoms with Crippen molar-refractivity contribution in [3.8, 4) is 22.7 Å². The van der Waals surface area contributed by atoms with Crippen LogP contribution in [-0.2, 0) is 9.47 Å². The van der Waals surface area contributed by atoms with Crippen LogP contribution in [0.15, 0.2) is 54.6 Å². The largest absolute Gasteiger partial charge is 0.492 e. The molecule has 1 aliphatic heterocycles. The van der Waals surface area contributed by atoms with Gasteiger partial charge in [-0.1, -0.05) is 17.7 Å². The number of esters is 1. The van der Waals surface area contributed by atoms with Gasteiger partial charge in [0.05, 0.1) is 31.1 Å². The fourth-order valence-electron chi connectivity index (χ4n) is 3.83. The number of benzene rings is 2. The smallest absolute Gasteiger partial charge is 0.338 e. The van der Waals surface area contributed by atoms with Crippen molar-refractivity contribution >= 4 is 17.6 Å². The Morgan fingerprint density at radius 2 is 2.06 bits per heavy atom. The molecule has 0 N–H and O–H groups in total. The quantitative estimate of drug-likeness (QED) is 0.443. The molecule has 0 radical (unpaired) electrons. The van der Waals surface area contributed by atoms with E-state index in [0.29, 0.717) is 29.7 Å². The second-order valence-corrected chi connectivity index (χ2v) is 8.08. The minimum atomic E-state index is -0.329. The minimum Gasteiger partial charge on any atom is -0.492 e. The van der Waals surface area contributed by atoms with Crippen LogP contribution in [0.2, 0.25) is 5.02 Å². The monoisotopic (exact) mass is 439 g/mol. The average Bonchev–Trinajstić information content (AvgIpc) is 3.42. The maximum atomic E-state index is 12.2. The van der Waals surface area contributed by atoms with Gasteiger partial charge < -0.3 is 18.8 Å². The Hall–Kier alpha value is -2.76. The number of rotatable bonds is 7. The van der Waals surface area contributed by atoms with Crippen LogP contribution in [0, 0.1) is 12.8 Å². The molecule has 0 spiro atoms. The molecule has 3 aromatic rings. The summed E-state index contributed by atoms with van der Waals surface area (Å²) in [5, 5.41) is 0.626. The van der Waals surface area contributed by atoms with E-state index in [1.807, 2.05) is 43.3 Å². The fourth-order valence-corrected chi connectivity index (χ4v) is 3.99. The van der Waals surface area contributed by atoms with Gasteiger partial charge in [0.25, 0.3) is 0 Å². The summed E-state index contributed by atoms with van der Waals surface area (Å²) < 4.78 is 18.9. The molecule has 1 aromatic heterocycles. The van der Waals surface area contributed by atoms with Crippen LogP contribution in [0.25, 0.3) is 16.9 Å². The van der Waals surface area contributed by atoms with Gasteiger partial charge in [-0.15, -0.1) is 0 Å². The number of hydrogen-bond acceptors (Lipinski definition) is 4. The molecule has 1 saturated heterocycles. The first-order valence-corrected chi connectivity index (χ1v) is 10.9. The van der Waals surface area contributed by atoms with Crippen molar-refractivity contribution in [2.45, 2.75) is 20.3 Å². The summed E-state index contributed by atoms with van der Waals surface area (Å²) in [5.74, 6) is 0.798. The van der Waals surface area contributed by atoms with E-state index in [1.54, 1.807) is 13.0 Å². The number of nitrogens with zero attached hydrogens (tertiary/aromatic N) is 1. The molecule has 4 rings (SSSR count). The third kappa shape index (κ3) is 4.78. The molecule has 0 aliphatic carbocycles. The molecule has 1 aliphatic rings. The minimum absolute atomic E-state index is 0.329. The van der Waals surface area contributed by atoms with Crippen LogP contribution in [-0.4, -0.2) is 37.0 Å². The van der Waals surface area contributed by atoms with Crippen LogP contribution in [0.1, 0.15) is 29.4 Å². The number of hydrogen-bond donors (Lipinski definition) is 0. The molecule has 0 bridgehead atoms. The zero-order valence-electron chi connectivity index (χ0n) is 17.8. The van der Waals surface area contributed by atoms with Crippen molar-refractivity contribution < 1.29 is 19.0 Å². The third-order valence-electron chi connectivity index (χ3n) is 5.41. The highest BCUT2D eigenvalue weighted by Crippen LogP contribution is 2.36. The molecular formula is C25H26ClNO4. The van der Waals surface area contributed by atoms with Crippen LogP contribution >= 0.6 is 11.6 Å². The first-order chi connectivity index (χ1) is 15.1. The van der Waals surface area contributed by atoms with Gasteiger partial charge in [0.2, 0.25) is 0 Å². The van der Waals surface area contributed by atoms with Gasteiger partial charge >= 0.3 is 5.97 Å². The van der Waals surface area contributed by atoms with E-state index in [4.69, 9.17) is 25.8 Å². The summed E-state index contributed by atoms with van der Waals surface area (Å²) in [6, 6.07) is 17.3. The third-order valence-corrected chi connectivity index (χ3v) is 5.64. The molecule has 2 heterocycles. The predicted octanol–water partition coefficient (Wildman–Crippen LogP) is 5.70. The van der Waals surface area contributed by atoms with E-state index >= 15 is 0 Å². The van der Waals surface area contributed by atoms with Gasteiger partial charge in [0.15, 0.2) is 0 Å². The lowest BCUT2D eigenvalue weighted by molar-refractivity contribution is 0.0526. The first kappa shape index (κ1) is 21.5. The molecule has 1 fully saturated rings. The highest BCUT2D eigenvalue weighted by molar-refractivity contribution is 6.30. The van der Waals surface area contributed by atoms with Crippen LogP contribution < -0.4 is 4.74 Å². The Kier molecular flexibility index (Phi) is 6.64. The number of aromatic nitrogens is 1. The fraction of sp³-hybridized carbons (Fsp3) is 0.320. The normalized spacial score (nSPS) is 15.8. The van der Waals surface area contributed by atoms with Crippen molar-refractivity contribution in [3.05, 3.63) is 70.9 Å². The maximum Gasteiger partial charge on any atom is 0.338 e. The highest BCUT2D eigenvalue weighted by Gasteiger charge is 2.19. The van der Waals surface area contributed by atoms with Crippen molar-refractivity contribution in [3.63, 3.8) is 0 Å². The molecule has 1 unspecified atom stereocenters. The molecule has 1 atom stereocenters. The molecule has 6 heteroatoms.